The Morgan fingerprint density at radius 1 is 1.44 bits per heavy atom. The third-order valence-electron chi connectivity index (χ3n) is 3.35. The summed E-state index contributed by atoms with van der Waals surface area (Å²) in [6.45, 7) is 2.02. The van der Waals surface area contributed by atoms with Gasteiger partial charge < -0.3 is 9.73 Å². The second-order valence-electron chi connectivity index (χ2n) is 4.80. The molecular formula is C13H22N4O. The van der Waals surface area contributed by atoms with Gasteiger partial charge in [0.25, 0.3) is 0 Å². The van der Waals surface area contributed by atoms with Gasteiger partial charge in [-0.3, -0.25) is 5.43 Å². The average molecular weight is 250 g/mol. The van der Waals surface area contributed by atoms with Crippen molar-refractivity contribution in [3.63, 3.8) is 0 Å². The van der Waals surface area contributed by atoms with E-state index in [2.05, 4.69) is 15.7 Å². The SMILES string of the molecule is CC(NC(=NC1CCCCC1)NN)c1ccco1. The molecule has 0 radical (unpaired) electrons. The molecule has 1 aromatic rings. The molecule has 1 aromatic heterocycles. The predicted molar refractivity (Wildman–Crippen MR) is 71.9 cm³/mol. The molecule has 0 aromatic carbocycles. The van der Waals surface area contributed by atoms with Crippen LogP contribution in [0.15, 0.2) is 27.8 Å². The first-order valence-corrected chi connectivity index (χ1v) is 6.64. The first-order chi connectivity index (χ1) is 8.79. The van der Waals surface area contributed by atoms with Crippen LogP contribution in [-0.2, 0) is 0 Å². The summed E-state index contributed by atoms with van der Waals surface area (Å²) < 4.78 is 5.34. The molecule has 0 bridgehead atoms. The van der Waals surface area contributed by atoms with Crippen LogP contribution in [0.5, 0.6) is 0 Å². The molecule has 1 heterocycles. The van der Waals surface area contributed by atoms with Gasteiger partial charge in [-0.05, 0) is 31.9 Å². The van der Waals surface area contributed by atoms with E-state index in [4.69, 9.17) is 10.3 Å². The van der Waals surface area contributed by atoms with Gasteiger partial charge >= 0.3 is 0 Å². The molecule has 2 rings (SSSR count). The molecule has 5 nitrogen and oxygen atoms in total. The zero-order chi connectivity index (χ0) is 12.8. The topological polar surface area (TPSA) is 75.6 Å². The lowest BCUT2D eigenvalue weighted by atomic mass is 9.96. The second-order valence-corrected chi connectivity index (χ2v) is 4.80. The molecule has 1 saturated carbocycles. The fourth-order valence-corrected chi connectivity index (χ4v) is 2.32. The summed E-state index contributed by atoms with van der Waals surface area (Å²) in [7, 11) is 0. The minimum absolute atomic E-state index is 0.0541. The van der Waals surface area contributed by atoms with Crippen LogP contribution in [0.3, 0.4) is 0 Å². The van der Waals surface area contributed by atoms with Gasteiger partial charge in [0.15, 0.2) is 0 Å². The number of guanidine groups is 1. The van der Waals surface area contributed by atoms with E-state index in [1.807, 2.05) is 19.1 Å². The van der Waals surface area contributed by atoms with Crippen molar-refractivity contribution < 1.29 is 4.42 Å². The van der Waals surface area contributed by atoms with Crippen molar-refractivity contribution in [2.75, 3.05) is 0 Å². The highest BCUT2D eigenvalue weighted by molar-refractivity contribution is 5.79. The first kappa shape index (κ1) is 13.0. The highest BCUT2D eigenvalue weighted by Gasteiger charge is 2.15. The Hall–Kier alpha value is -1.49. The summed E-state index contributed by atoms with van der Waals surface area (Å²) in [5, 5.41) is 3.24. The van der Waals surface area contributed by atoms with Gasteiger partial charge in [0, 0.05) is 0 Å². The number of nitrogens with two attached hydrogens (primary N) is 1. The van der Waals surface area contributed by atoms with E-state index in [1.54, 1.807) is 6.26 Å². The van der Waals surface area contributed by atoms with Crippen LogP contribution in [0.25, 0.3) is 0 Å². The van der Waals surface area contributed by atoms with E-state index in [0.717, 1.165) is 18.6 Å². The van der Waals surface area contributed by atoms with Gasteiger partial charge in [-0.1, -0.05) is 19.3 Å². The molecule has 0 saturated heterocycles. The number of hydrazine groups is 1. The van der Waals surface area contributed by atoms with Crippen molar-refractivity contribution in [1.82, 2.24) is 10.7 Å². The van der Waals surface area contributed by atoms with Crippen LogP contribution >= 0.6 is 0 Å². The van der Waals surface area contributed by atoms with Gasteiger partial charge in [0.05, 0.1) is 18.3 Å². The Bertz CT molecular complexity index is 368. The van der Waals surface area contributed by atoms with Crippen molar-refractivity contribution >= 4 is 5.96 Å². The summed E-state index contributed by atoms with van der Waals surface area (Å²) in [4.78, 5) is 4.63. The number of aliphatic imine (C=N–C) groups is 1. The quantitative estimate of drug-likeness (QED) is 0.332. The van der Waals surface area contributed by atoms with Crippen LogP contribution in [0, 0.1) is 0 Å². The predicted octanol–water partition coefficient (Wildman–Crippen LogP) is 2.08. The molecule has 1 aliphatic rings. The maximum atomic E-state index is 5.52. The Balaban J connectivity index is 1.93. The van der Waals surface area contributed by atoms with Crippen LogP contribution in [0.4, 0.5) is 0 Å². The number of nitrogens with one attached hydrogen (secondary N) is 2. The summed E-state index contributed by atoms with van der Waals surface area (Å²) >= 11 is 0. The molecular weight excluding hydrogens is 228 g/mol. The van der Waals surface area contributed by atoms with E-state index >= 15 is 0 Å². The van der Waals surface area contributed by atoms with Gasteiger partial charge in [-0.15, -0.1) is 0 Å². The maximum absolute atomic E-state index is 5.52. The largest absolute Gasteiger partial charge is 0.467 e. The molecule has 4 N–H and O–H groups in total. The summed E-state index contributed by atoms with van der Waals surface area (Å²) in [5.74, 6) is 7.04. The molecule has 100 valence electrons. The van der Waals surface area contributed by atoms with Gasteiger partial charge in [0.2, 0.25) is 5.96 Å². The van der Waals surface area contributed by atoms with Crippen LogP contribution in [0.1, 0.15) is 50.8 Å². The first-order valence-electron chi connectivity index (χ1n) is 6.64. The van der Waals surface area contributed by atoms with Crippen LogP contribution in [0.2, 0.25) is 0 Å². The number of rotatable bonds is 3. The third kappa shape index (κ3) is 3.50. The lowest BCUT2D eigenvalue weighted by Crippen LogP contribution is -2.43. The monoisotopic (exact) mass is 250 g/mol. The van der Waals surface area contributed by atoms with E-state index < -0.39 is 0 Å². The molecule has 1 unspecified atom stereocenters. The molecule has 0 amide bonds. The van der Waals surface area contributed by atoms with E-state index in [0.29, 0.717) is 12.0 Å². The molecule has 0 aliphatic heterocycles. The van der Waals surface area contributed by atoms with Crippen LogP contribution < -0.4 is 16.6 Å². The maximum Gasteiger partial charge on any atom is 0.206 e. The highest BCUT2D eigenvalue weighted by Crippen LogP contribution is 2.20. The number of hydrogen-bond donors (Lipinski definition) is 3. The zero-order valence-corrected chi connectivity index (χ0v) is 10.9. The fourth-order valence-electron chi connectivity index (χ4n) is 2.32. The number of hydrogen-bond acceptors (Lipinski definition) is 3. The molecule has 1 fully saturated rings. The number of furan rings is 1. The van der Waals surface area contributed by atoms with Crippen molar-refractivity contribution in [2.45, 2.75) is 51.1 Å². The minimum atomic E-state index is 0.0541. The Kier molecular flexibility index (Phi) is 4.64. The molecule has 5 heteroatoms. The molecule has 0 spiro atoms. The minimum Gasteiger partial charge on any atom is -0.467 e. The van der Waals surface area contributed by atoms with Crippen molar-refractivity contribution in [2.24, 2.45) is 10.8 Å². The standard InChI is InChI=1S/C13H22N4O/c1-10(12-8-5-9-18-12)15-13(17-14)16-11-6-3-2-4-7-11/h5,8-11H,2-4,6-7,14H2,1H3,(H2,15,16,17). The summed E-state index contributed by atoms with van der Waals surface area (Å²) in [6, 6.07) is 4.26. The number of nitrogens with zero attached hydrogens (tertiary/aromatic N) is 1. The second kappa shape index (κ2) is 6.44. The van der Waals surface area contributed by atoms with Gasteiger partial charge in [-0.2, -0.15) is 0 Å². The molecule has 1 atom stereocenters. The molecule has 1 aliphatic carbocycles. The third-order valence-corrected chi connectivity index (χ3v) is 3.35. The highest BCUT2D eigenvalue weighted by atomic mass is 16.3. The average Bonchev–Trinajstić information content (AvgIpc) is 2.93. The van der Waals surface area contributed by atoms with E-state index in [9.17, 15) is 0 Å². The normalized spacial score (nSPS) is 19.6. The summed E-state index contributed by atoms with van der Waals surface area (Å²) in [6.07, 6.45) is 7.83. The van der Waals surface area contributed by atoms with Crippen molar-refractivity contribution in [1.29, 1.82) is 0 Å². The molecule has 18 heavy (non-hydrogen) atoms. The van der Waals surface area contributed by atoms with Crippen LogP contribution in [-0.4, -0.2) is 12.0 Å². The van der Waals surface area contributed by atoms with Crippen molar-refractivity contribution in [3.8, 4) is 0 Å². The Labute approximate surface area is 108 Å². The van der Waals surface area contributed by atoms with E-state index in [-0.39, 0.29) is 6.04 Å². The van der Waals surface area contributed by atoms with Gasteiger partial charge in [0.1, 0.15) is 5.76 Å². The fraction of sp³-hybridized carbons (Fsp3) is 0.615. The van der Waals surface area contributed by atoms with Crippen molar-refractivity contribution in [3.05, 3.63) is 24.2 Å². The zero-order valence-electron chi connectivity index (χ0n) is 10.9. The lowest BCUT2D eigenvalue weighted by molar-refractivity contribution is 0.435. The summed E-state index contributed by atoms with van der Waals surface area (Å²) in [5.41, 5.74) is 2.64. The smallest absolute Gasteiger partial charge is 0.206 e. The van der Waals surface area contributed by atoms with Gasteiger partial charge in [-0.25, -0.2) is 10.8 Å². The lowest BCUT2D eigenvalue weighted by Gasteiger charge is -2.21. The Morgan fingerprint density at radius 3 is 2.83 bits per heavy atom. The van der Waals surface area contributed by atoms with E-state index in [1.165, 1.54) is 19.3 Å². The Morgan fingerprint density at radius 2 is 2.22 bits per heavy atom.